The maximum atomic E-state index is 13.8. The van der Waals surface area contributed by atoms with Crippen molar-refractivity contribution >= 4 is 34.5 Å². The van der Waals surface area contributed by atoms with E-state index >= 15 is 0 Å². The first-order chi connectivity index (χ1) is 17.4. The van der Waals surface area contributed by atoms with Gasteiger partial charge in [0.2, 0.25) is 18.1 Å². The third-order valence-electron chi connectivity index (χ3n) is 6.96. The molecule has 190 valence electrons. The fourth-order valence-electron chi connectivity index (χ4n) is 5.13. The molecule has 5 atom stereocenters. The van der Waals surface area contributed by atoms with Crippen LogP contribution in [0.5, 0.6) is 0 Å². The lowest BCUT2D eigenvalue weighted by Gasteiger charge is -2.44. The molecule has 1 aromatic carbocycles. The standard InChI is InChI=1S/C25H28N4O7/c30-20-11-18(25(34)36-20)28-22(31)19-13-35-12-15-6-2-4-8-17(24(33)29(15)19)27-23(32)21-16-7-3-1-5-14(16)9-10-26-21/h1,3,5,7,9-10,15,17-19,25,34H,2,4,6,8,11-13H2,(H,27,32)(H,28,31)/t15-,17-,18?,19-,25?/m0/s1. The van der Waals surface area contributed by atoms with Gasteiger partial charge < -0.3 is 30.1 Å². The van der Waals surface area contributed by atoms with Crippen molar-refractivity contribution in [3.8, 4) is 0 Å². The van der Waals surface area contributed by atoms with E-state index in [0.29, 0.717) is 18.2 Å². The number of nitrogens with one attached hydrogen (secondary N) is 2. The van der Waals surface area contributed by atoms with Crippen molar-refractivity contribution in [3.05, 3.63) is 42.2 Å². The van der Waals surface area contributed by atoms with Crippen molar-refractivity contribution < 1.29 is 33.8 Å². The Labute approximate surface area is 207 Å². The predicted molar refractivity (Wildman–Crippen MR) is 125 cm³/mol. The van der Waals surface area contributed by atoms with Gasteiger partial charge in [-0.15, -0.1) is 0 Å². The van der Waals surface area contributed by atoms with Gasteiger partial charge in [0.25, 0.3) is 5.91 Å². The van der Waals surface area contributed by atoms with E-state index in [4.69, 9.17) is 9.47 Å². The summed E-state index contributed by atoms with van der Waals surface area (Å²) >= 11 is 0. The molecule has 11 nitrogen and oxygen atoms in total. The molecule has 0 spiro atoms. The number of aromatic nitrogens is 1. The molecule has 4 heterocycles. The Bertz CT molecular complexity index is 1180. The summed E-state index contributed by atoms with van der Waals surface area (Å²) in [6.45, 7) is 0.256. The zero-order valence-electron chi connectivity index (χ0n) is 19.6. The number of pyridine rings is 1. The molecule has 36 heavy (non-hydrogen) atoms. The molecule has 1 aromatic heterocycles. The van der Waals surface area contributed by atoms with Crippen LogP contribution in [0.4, 0.5) is 0 Å². The topological polar surface area (TPSA) is 147 Å². The second-order valence-corrected chi connectivity index (χ2v) is 9.34. The molecule has 3 amide bonds. The quantitative estimate of drug-likeness (QED) is 0.511. The number of rotatable bonds is 4. The van der Waals surface area contributed by atoms with Gasteiger partial charge in [-0.25, -0.2) is 0 Å². The number of benzene rings is 1. The van der Waals surface area contributed by atoms with Gasteiger partial charge in [0.1, 0.15) is 23.8 Å². The molecule has 11 heteroatoms. The van der Waals surface area contributed by atoms with E-state index in [2.05, 4.69) is 15.6 Å². The fourth-order valence-corrected chi connectivity index (χ4v) is 5.13. The number of carbonyl (C=O) groups excluding carboxylic acids is 4. The Morgan fingerprint density at radius 2 is 1.86 bits per heavy atom. The number of amides is 3. The molecule has 0 bridgehead atoms. The lowest BCUT2D eigenvalue weighted by molar-refractivity contribution is -0.160. The third-order valence-corrected chi connectivity index (χ3v) is 6.96. The van der Waals surface area contributed by atoms with Crippen molar-refractivity contribution in [2.75, 3.05) is 13.2 Å². The monoisotopic (exact) mass is 496 g/mol. The molecule has 3 N–H and O–H groups in total. The average molecular weight is 497 g/mol. The van der Waals surface area contributed by atoms with Crippen LogP contribution in [0.25, 0.3) is 10.8 Å². The van der Waals surface area contributed by atoms with Gasteiger partial charge in [0, 0.05) is 11.6 Å². The van der Waals surface area contributed by atoms with E-state index < -0.39 is 42.2 Å². The van der Waals surface area contributed by atoms with Gasteiger partial charge in [-0.3, -0.25) is 24.2 Å². The Balaban J connectivity index is 1.36. The molecule has 3 aliphatic rings. The van der Waals surface area contributed by atoms with Crippen LogP contribution in [0.3, 0.4) is 0 Å². The first-order valence-corrected chi connectivity index (χ1v) is 12.1. The summed E-state index contributed by atoms with van der Waals surface area (Å²) in [6.07, 6.45) is 2.58. The lowest BCUT2D eigenvalue weighted by Crippen LogP contribution is -2.65. The van der Waals surface area contributed by atoms with Gasteiger partial charge in [0.05, 0.1) is 25.7 Å². The molecule has 5 rings (SSSR count). The summed E-state index contributed by atoms with van der Waals surface area (Å²) < 4.78 is 10.3. The normalized spacial score (nSPS) is 28.6. The third kappa shape index (κ3) is 4.76. The molecule has 3 aliphatic heterocycles. The van der Waals surface area contributed by atoms with Gasteiger partial charge in [-0.2, -0.15) is 0 Å². The first-order valence-electron chi connectivity index (χ1n) is 12.1. The van der Waals surface area contributed by atoms with E-state index in [0.717, 1.165) is 18.2 Å². The summed E-state index contributed by atoms with van der Waals surface area (Å²) in [5.74, 6) is -1.98. The number of carbonyl (C=O) groups is 4. The van der Waals surface area contributed by atoms with Crippen LogP contribution < -0.4 is 10.6 Å². The number of aliphatic hydroxyl groups excluding tert-OH is 1. The van der Waals surface area contributed by atoms with E-state index in [9.17, 15) is 24.3 Å². The summed E-state index contributed by atoms with van der Waals surface area (Å²) in [5, 5.41) is 16.9. The molecule has 2 aromatic rings. The van der Waals surface area contributed by atoms with Crippen LogP contribution in [0.1, 0.15) is 42.6 Å². The molecule has 2 unspecified atom stereocenters. The number of hydrogen-bond acceptors (Lipinski definition) is 8. The molecule has 0 radical (unpaired) electrons. The highest BCUT2D eigenvalue weighted by Crippen LogP contribution is 2.25. The number of ether oxygens (including phenoxy) is 2. The Kier molecular flexibility index (Phi) is 6.84. The van der Waals surface area contributed by atoms with Gasteiger partial charge in [-0.1, -0.05) is 37.1 Å². The minimum atomic E-state index is -1.44. The number of cyclic esters (lactones) is 1. The number of nitrogens with zero attached hydrogens (tertiary/aromatic N) is 2. The first kappa shape index (κ1) is 24.1. The summed E-state index contributed by atoms with van der Waals surface area (Å²) in [5.41, 5.74) is 0.232. The van der Waals surface area contributed by atoms with Crippen LogP contribution in [0, 0.1) is 0 Å². The van der Waals surface area contributed by atoms with E-state index in [-0.39, 0.29) is 37.3 Å². The minimum absolute atomic E-state index is 0.0305. The van der Waals surface area contributed by atoms with Crippen molar-refractivity contribution in [1.29, 1.82) is 0 Å². The molecular formula is C25H28N4O7. The van der Waals surface area contributed by atoms with Crippen molar-refractivity contribution in [1.82, 2.24) is 20.5 Å². The number of esters is 1. The summed E-state index contributed by atoms with van der Waals surface area (Å²) in [4.78, 5) is 57.3. The van der Waals surface area contributed by atoms with Crippen LogP contribution in [0.2, 0.25) is 0 Å². The van der Waals surface area contributed by atoms with E-state index in [1.54, 1.807) is 6.20 Å². The maximum Gasteiger partial charge on any atom is 0.310 e. The van der Waals surface area contributed by atoms with Crippen LogP contribution in [0.15, 0.2) is 36.5 Å². The predicted octanol–water partition coefficient (Wildman–Crippen LogP) is 0.253. The zero-order chi connectivity index (χ0) is 25.2. The summed E-state index contributed by atoms with van der Waals surface area (Å²) in [7, 11) is 0. The summed E-state index contributed by atoms with van der Waals surface area (Å²) in [6, 6.07) is 6.17. The molecule has 3 fully saturated rings. The molecule has 0 saturated carbocycles. The van der Waals surface area contributed by atoms with Crippen LogP contribution in [-0.4, -0.2) is 82.4 Å². The van der Waals surface area contributed by atoms with Crippen LogP contribution >= 0.6 is 0 Å². The fraction of sp³-hybridized carbons (Fsp3) is 0.480. The lowest BCUT2D eigenvalue weighted by atomic mass is 9.95. The van der Waals surface area contributed by atoms with Crippen LogP contribution in [-0.2, 0) is 23.9 Å². The highest BCUT2D eigenvalue weighted by atomic mass is 16.6. The molecular weight excluding hydrogens is 468 g/mol. The van der Waals surface area contributed by atoms with Gasteiger partial charge in [0.15, 0.2) is 0 Å². The number of morpholine rings is 1. The highest BCUT2D eigenvalue weighted by molar-refractivity contribution is 6.06. The zero-order valence-corrected chi connectivity index (χ0v) is 19.6. The van der Waals surface area contributed by atoms with E-state index in [1.807, 2.05) is 30.3 Å². The van der Waals surface area contributed by atoms with Gasteiger partial charge in [-0.05, 0) is 24.3 Å². The Morgan fingerprint density at radius 3 is 2.67 bits per heavy atom. The SMILES string of the molecule is O=C1CC(NC(=O)[C@@H]2COC[C@@H]3CCCC[C@H](NC(=O)c4nccc5ccccc45)C(=O)N32)C(O)O1. The Hall–Kier alpha value is -3.57. The Morgan fingerprint density at radius 1 is 1.06 bits per heavy atom. The smallest absolute Gasteiger partial charge is 0.310 e. The van der Waals surface area contributed by atoms with Gasteiger partial charge >= 0.3 is 5.97 Å². The molecule has 0 aliphatic carbocycles. The second-order valence-electron chi connectivity index (χ2n) is 9.34. The van der Waals surface area contributed by atoms with Crippen molar-refractivity contribution in [2.24, 2.45) is 0 Å². The maximum absolute atomic E-state index is 13.8. The second kappa shape index (κ2) is 10.2. The van der Waals surface area contributed by atoms with E-state index in [1.165, 1.54) is 4.90 Å². The molecule has 3 saturated heterocycles. The number of aliphatic hydroxyl groups is 1. The van der Waals surface area contributed by atoms with Crippen molar-refractivity contribution in [3.63, 3.8) is 0 Å². The van der Waals surface area contributed by atoms with Crippen molar-refractivity contribution in [2.45, 2.75) is 62.6 Å². The number of fused-ring (bicyclic) bond motifs is 2. The highest BCUT2D eigenvalue weighted by Gasteiger charge is 2.44. The largest absolute Gasteiger partial charge is 0.434 e. The minimum Gasteiger partial charge on any atom is -0.434 e. The number of hydrogen-bond donors (Lipinski definition) is 3. The average Bonchev–Trinajstić information content (AvgIpc) is 3.19.